The van der Waals surface area contributed by atoms with Crippen molar-refractivity contribution in [2.45, 2.75) is 13.8 Å². The molecule has 0 spiro atoms. The van der Waals surface area contributed by atoms with Gasteiger partial charge in [0.2, 0.25) is 0 Å². The number of halogens is 1. The van der Waals surface area contributed by atoms with E-state index in [1.165, 1.54) is 0 Å². The highest BCUT2D eigenvalue weighted by Gasteiger charge is 2.38. The van der Waals surface area contributed by atoms with Crippen LogP contribution in [-0.2, 0) is 14.3 Å². The average molecular weight is 412 g/mol. The molecule has 0 atom stereocenters. The highest BCUT2D eigenvalue weighted by molar-refractivity contribution is 9.10. The average Bonchev–Trinajstić information content (AvgIpc) is 2.88. The van der Waals surface area contributed by atoms with Crippen molar-refractivity contribution in [2.24, 2.45) is 0 Å². The van der Waals surface area contributed by atoms with Crippen LogP contribution < -0.4 is 4.90 Å². The van der Waals surface area contributed by atoms with Crippen LogP contribution in [0.4, 0.5) is 5.69 Å². The molecule has 3 rings (SSSR count). The zero-order valence-electron chi connectivity index (χ0n) is 14.5. The van der Waals surface area contributed by atoms with E-state index in [1.807, 2.05) is 54.6 Å². The van der Waals surface area contributed by atoms with E-state index in [-0.39, 0.29) is 12.5 Å². The maximum Gasteiger partial charge on any atom is 0.340 e. The fourth-order valence-corrected chi connectivity index (χ4v) is 3.32. The maximum atomic E-state index is 13.1. The van der Waals surface area contributed by atoms with Gasteiger partial charge in [-0.15, -0.1) is 0 Å². The molecule has 1 amide bonds. The molecular weight excluding hydrogens is 394 g/mol. The summed E-state index contributed by atoms with van der Waals surface area (Å²) in [6, 6.07) is 16.8. The van der Waals surface area contributed by atoms with Gasteiger partial charge < -0.3 is 4.74 Å². The van der Waals surface area contributed by atoms with Gasteiger partial charge >= 0.3 is 5.97 Å². The predicted octanol–water partition coefficient (Wildman–Crippen LogP) is 4.72. The fourth-order valence-electron chi connectivity index (χ4n) is 2.92. The number of benzene rings is 2. The van der Waals surface area contributed by atoms with Crippen LogP contribution in [0, 0.1) is 0 Å². The molecule has 1 aliphatic rings. The number of rotatable bonds is 4. The molecule has 0 aromatic heterocycles. The van der Waals surface area contributed by atoms with E-state index >= 15 is 0 Å². The van der Waals surface area contributed by atoms with E-state index in [9.17, 15) is 9.59 Å². The molecule has 1 heterocycles. The monoisotopic (exact) mass is 411 g/mol. The van der Waals surface area contributed by atoms with Crippen molar-refractivity contribution in [3.8, 4) is 0 Å². The van der Waals surface area contributed by atoms with Gasteiger partial charge in [0.1, 0.15) is 0 Å². The molecule has 0 saturated carbocycles. The number of para-hydroxylation sites is 1. The molecule has 2 aromatic carbocycles. The minimum absolute atomic E-state index is 0.243. The van der Waals surface area contributed by atoms with Gasteiger partial charge in [-0.3, -0.25) is 9.69 Å². The molecular formula is C21H18BrNO3. The summed E-state index contributed by atoms with van der Waals surface area (Å²) in [6.07, 6.45) is 1.73. The van der Waals surface area contributed by atoms with E-state index in [0.29, 0.717) is 22.5 Å². The van der Waals surface area contributed by atoms with Crippen molar-refractivity contribution in [3.05, 3.63) is 81.5 Å². The van der Waals surface area contributed by atoms with Crippen LogP contribution in [0.5, 0.6) is 0 Å². The normalized spacial score (nSPS) is 15.7. The van der Waals surface area contributed by atoms with Crippen LogP contribution >= 0.6 is 15.9 Å². The molecule has 0 aliphatic carbocycles. The van der Waals surface area contributed by atoms with E-state index in [1.54, 1.807) is 24.8 Å². The third-order valence-electron chi connectivity index (χ3n) is 4.10. The number of allylic oxidation sites excluding steroid dienone is 1. The van der Waals surface area contributed by atoms with Crippen molar-refractivity contribution in [2.75, 3.05) is 11.5 Å². The Kier molecular flexibility index (Phi) is 5.38. The second-order valence-corrected chi connectivity index (χ2v) is 6.59. The first kappa shape index (κ1) is 18.1. The Balaban J connectivity index is 2.15. The third kappa shape index (κ3) is 3.35. The summed E-state index contributed by atoms with van der Waals surface area (Å²) in [6.45, 7) is 3.76. The number of esters is 1. The quantitative estimate of drug-likeness (QED) is 0.540. The lowest BCUT2D eigenvalue weighted by molar-refractivity contribution is -0.138. The Labute approximate surface area is 160 Å². The lowest BCUT2D eigenvalue weighted by atomic mass is 10.0. The summed E-state index contributed by atoms with van der Waals surface area (Å²) in [7, 11) is 0. The van der Waals surface area contributed by atoms with Gasteiger partial charge in [0.25, 0.3) is 5.91 Å². The highest BCUT2D eigenvalue weighted by atomic mass is 79.9. The molecule has 0 fully saturated rings. The lowest BCUT2D eigenvalue weighted by Crippen LogP contribution is -2.24. The second kappa shape index (κ2) is 7.70. The number of hydrogen-bond donors (Lipinski definition) is 0. The Morgan fingerprint density at radius 2 is 1.77 bits per heavy atom. The minimum atomic E-state index is -0.491. The lowest BCUT2D eigenvalue weighted by Gasteiger charge is -2.17. The number of nitrogens with zero attached hydrogens (tertiary/aromatic N) is 1. The number of ether oxygens (including phenoxy) is 1. The van der Waals surface area contributed by atoms with E-state index in [4.69, 9.17) is 4.74 Å². The maximum absolute atomic E-state index is 13.1. The smallest absolute Gasteiger partial charge is 0.340 e. The van der Waals surface area contributed by atoms with Gasteiger partial charge in [-0.25, -0.2) is 4.79 Å². The topological polar surface area (TPSA) is 46.6 Å². The standard InChI is InChI=1S/C21H18BrNO3/c1-3-26-21(25)19-14(2)23(16-10-5-4-6-11-16)20(24)17(19)13-15-9-7-8-12-18(15)22/h4-13H,3H2,1-2H3/b17-13-. The zero-order valence-corrected chi connectivity index (χ0v) is 16.1. The van der Waals surface area contributed by atoms with Gasteiger partial charge in [-0.1, -0.05) is 52.3 Å². The van der Waals surface area contributed by atoms with E-state index in [2.05, 4.69) is 15.9 Å². The number of amides is 1. The summed E-state index contributed by atoms with van der Waals surface area (Å²) in [4.78, 5) is 27.2. The number of hydrogen-bond acceptors (Lipinski definition) is 3. The fraction of sp³-hybridized carbons (Fsp3) is 0.143. The minimum Gasteiger partial charge on any atom is -0.462 e. The largest absolute Gasteiger partial charge is 0.462 e. The Bertz CT molecular complexity index is 916. The Hall–Kier alpha value is -2.66. The van der Waals surface area contributed by atoms with Crippen molar-refractivity contribution >= 4 is 39.6 Å². The van der Waals surface area contributed by atoms with Gasteiger partial charge in [-0.2, -0.15) is 0 Å². The van der Waals surface area contributed by atoms with Crippen LogP contribution in [0.25, 0.3) is 6.08 Å². The summed E-state index contributed by atoms with van der Waals surface area (Å²) in [5.41, 5.74) is 2.73. The van der Waals surface area contributed by atoms with Gasteiger partial charge in [-0.05, 0) is 43.7 Å². The number of anilines is 1. The van der Waals surface area contributed by atoms with Crippen LogP contribution in [0.3, 0.4) is 0 Å². The molecule has 26 heavy (non-hydrogen) atoms. The predicted molar refractivity (Wildman–Crippen MR) is 105 cm³/mol. The highest BCUT2D eigenvalue weighted by Crippen LogP contribution is 2.36. The van der Waals surface area contributed by atoms with Crippen LogP contribution in [-0.4, -0.2) is 18.5 Å². The Morgan fingerprint density at radius 1 is 1.12 bits per heavy atom. The molecule has 0 saturated heterocycles. The summed E-state index contributed by atoms with van der Waals surface area (Å²) >= 11 is 3.48. The summed E-state index contributed by atoms with van der Waals surface area (Å²) < 4.78 is 6.05. The van der Waals surface area contributed by atoms with E-state index in [0.717, 1.165) is 10.0 Å². The first-order valence-electron chi connectivity index (χ1n) is 8.28. The first-order chi connectivity index (χ1) is 12.5. The second-order valence-electron chi connectivity index (χ2n) is 5.74. The molecule has 0 bridgehead atoms. The van der Waals surface area contributed by atoms with Crippen molar-refractivity contribution in [1.29, 1.82) is 0 Å². The van der Waals surface area contributed by atoms with Crippen molar-refractivity contribution in [3.63, 3.8) is 0 Å². The van der Waals surface area contributed by atoms with Crippen molar-refractivity contribution < 1.29 is 14.3 Å². The molecule has 0 unspecified atom stereocenters. The van der Waals surface area contributed by atoms with Gasteiger partial charge in [0.05, 0.1) is 17.8 Å². The molecule has 132 valence electrons. The third-order valence-corrected chi connectivity index (χ3v) is 4.82. The summed E-state index contributed by atoms with van der Waals surface area (Å²) in [5, 5.41) is 0. The number of carbonyl (C=O) groups excluding carboxylic acids is 2. The van der Waals surface area contributed by atoms with Crippen LogP contribution in [0.2, 0.25) is 0 Å². The van der Waals surface area contributed by atoms with E-state index < -0.39 is 5.97 Å². The molecule has 0 radical (unpaired) electrons. The Morgan fingerprint density at radius 3 is 2.42 bits per heavy atom. The summed E-state index contributed by atoms with van der Waals surface area (Å²) in [5.74, 6) is -0.734. The SMILES string of the molecule is CCOC(=O)C1=C(C)N(c2ccccc2)C(=O)/C1=C\c1ccccc1Br. The molecule has 0 N–H and O–H groups in total. The van der Waals surface area contributed by atoms with Crippen LogP contribution in [0.1, 0.15) is 19.4 Å². The van der Waals surface area contributed by atoms with Gasteiger partial charge in [0, 0.05) is 15.9 Å². The zero-order chi connectivity index (χ0) is 18.7. The van der Waals surface area contributed by atoms with Gasteiger partial charge in [0.15, 0.2) is 0 Å². The molecule has 2 aromatic rings. The van der Waals surface area contributed by atoms with Crippen molar-refractivity contribution in [1.82, 2.24) is 0 Å². The molecule has 5 heteroatoms. The molecule has 1 aliphatic heterocycles. The first-order valence-corrected chi connectivity index (χ1v) is 9.08. The number of carbonyl (C=O) groups is 2. The molecule has 4 nitrogen and oxygen atoms in total. The van der Waals surface area contributed by atoms with Crippen LogP contribution in [0.15, 0.2) is 75.9 Å².